The summed E-state index contributed by atoms with van der Waals surface area (Å²) in [5, 5.41) is 0.572. The maximum absolute atomic E-state index is 11.0. The Bertz CT molecular complexity index is 555. The maximum atomic E-state index is 11.0. The second-order valence-electron chi connectivity index (χ2n) is 4.76. The fraction of sp³-hybridized carbons (Fsp3) is 0.500. The smallest absolute Gasteiger partial charge is 0.236 e. The quantitative estimate of drug-likeness (QED) is 0.800. The van der Waals surface area contributed by atoms with Crippen molar-refractivity contribution in [1.82, 2.24) is 4.90 Å². The summed E-state index contributed by atoms with van der Waals surface area (Å²) in [6.45, 7) is 3.83. The largest absolute Gasteiger partial charge is 0.368 e. The Labute approximate surface area is 123 Å². The van der Waals surface area contributed by atoms with Gasteiger partial charge in [0.15, 0.2) is 0 Å². The number of halogens is 2. The van der Waals surface area contributed by atoms with Gasteiger partial charge >= 0.3 is 0 Å². The first-order valence-corrected chi connectivity index (χ1v) is 8.85. The Morgan fingerprint density at radius 1 is 1.21 bits per heavy atom. The third kappa shape index (κ3) is 4.24. The van der Waals surface area contributed by atoms with Gasteiger partial charge in [0.1, 0.15) is 0 Å². The highest BCUT2D eigenvalue weighted by molar-refractivity contribution is 8.13. The molecule has 2 rings (SSSR count). The third-order valence-corrected chi connectivity index (χ3v) is 4.50. The Morgan fingerprint density at radius 2 is 1.84 bits per heavy atom. The van der Waals surface area contributed by atoms with E-state index in [4.69, 9.17) is 22.3 Å². The van der Waals surface area contributed by atoms with E-state index in [1.165, 1.54) is 0 Å². The summed E-state index contributed by atoms with van der Waals surface area (Å²) in [5.74, 6) is -0.197. The lowest BCUT2D eigenvalue weighted by Crippen LogP contribution is -2.44. The summed E-state index contributed by atoms with van der Waals surface area (Å²) in [7, 11) is 3.78. The van der Waals surface area contributed by atoms with Crippen molar-refractivity contribution in [1.29, 1.82) is 0 Å². The highest BCUT2D eigenvalue weighted by atomic mass is 35.7. The lowest BCUT2D eigenvalue weighted by Gasteiger charge is -2.34. The number of benzene rings is 1. The molecule has 0 spiro atoms. The Kier molecular flexibility index (Phi) is 4.61. The Balaban J connectivity index is 2.15. The molecule has 1 aromatic carbocycles. The normalized spacial score (nSPS) is 17.7. The van der Waals surface area contributed by atoms with Crippen molar-refractivity contribution >= 4 is 37.0 Å². The second kappa shape index (κ2) is 5.87. The van der Waals surface area contributed by atoms with E-state index >= 15 is 0 Å². The predicted octanol–water partition coefficient (Wildman–Crippen LogP) is 2.16. The molecule has 0 atom stereocenters. The summed E-state index contributed by atoms with van der Waals surface area (Å²) in [6.07, 6.45) is 0. The Morgan fingerprint density at radius 3 is 2.37 bits per heavy atom. The van der Waals surface area contributed by atoms with Crippen molar-refractivity contribution in [2.24, 2.45) is 0 Å². The van der Waals surface area contributed by atoms with Gasteiger partial charge in [0.25, 0.3) is 0 Å². The minimum atomic E-state index is -3.55. The molecular weight excluding hydrogens is 307 g/mol. The molecule has 0 radical (unpaired) electrons. The van der Waals surface area contributed by atoms with Crippen LogP contribution in [-0.4, -0.2) is 46.5 Å². The maximum Gasteiger partial charge on any atom is 0.236 e. The number of nitrogens with zero attached hydrogens (tertiary/aromatic N) is 2. The van der Waals surface area contributed by atoms with Gasteiger partial charge in [-0.2, -0.15) is 0 Å². The number of hydrogen-bond acceptors (Lipinski definition) is 4. The molecule has 106 valence electrons. The van der Waals surface area contributed by atoms with E-state index in [0.717, 1.165) is 31.9 Å². The van der Waals surface area contributed by atoms with Crippen LogP contribution in [-0.2, 0) is 14.8 Å². The predicted molar refractivity (Wildman–Crippen MR) is 79.6 cm³/mol. The molecule has 1 fully saturated rings. The standard InChI is InChI=1S/C12H16Cl2N2O2S/c1-15-4-6-16(7-5-15)12-3-2-10(8-11(12)13)9-19(14,17)18/h2-3,8H,4-7,9H2,1H3. The molecule has 7 heteroatoms. The molecule has 1 saturated heterocycles. The van der Waals surface area contributed by atoms with E-state index in [9.17, 15) is 8.42 Å². The average Bonchev–Trinajstić information content (AvgIpc) is 2.29. The van der Waals surface area contributed by atoms with Crippen LogP contribution in [0.15, 0.2) is 18.2 Å². The van der Waals surface area contributed by atoms with E-state index in [2.05, 4.69) is 16.8 Å². The van der Waals surface area contributed by atoms with Gasteiger partial charge in [-0.3, -0.25) is 0 Å². The minimum absolute atomic E-state index is 0.197. The lowest BCUT2D eigenvalue weighted by atomic mass is 10.2. The van der Waals surface area contributed by atoms with Gasteiger partial charge in [0.2, 0.25) is 9.05 Å². The molecule has 4 nitrogen and oxygen atoms in total. The van der Waals surface area contributed by atoms with Crippen LogP contribution in [0.25, 0.3) is 0 Å². The summed E-state index contributed by atoms with van der Waals surface area (Å²) in [4.78, 5) is 4.47. The van der Waals surface area contributed by atoms with Crippen LogP contribution in [0.1, 0.15) is 5.56 Å². The molecule has 0 amide bonds. The Hall–Kier alpha value is -0.490. The highest BCUT2D eigenvalue weighted by Gasteiger charge is 2.17. The molecule has 0 aromatic heterocycles. The van der Waals surface area contributed by atoms with Crippen LogP contribution < -0.4 is 4.90 Å². The molecule has 1 aliphatic rings. The molecule has 0 unspecified atom stereocenters. The zero-order valence-corrected chi connectivity index (χ0v) is 13.0. The van der Waals surface area contributed by atoms with Gasteiger partial charge in [0.05, 0.1) is 16.5 Å². The van der Waals surface area contributed by atoms with Crippen molar-refractivity contribution < 1.29 is 8.42 Å². The molecule has 1 aromatic rings. The molecular formula is C12H16Cl2N2O2S. The first-order valence-electron chi connectivity index (χ1n) is 5.99. The van der Waals surface area contributed by atoms with Crippen LogP contribution >= 0.6 is 22.3 Å². The molecule has 0 bridgehead atoms. The molecule has 19 heavy (non-hydrogen) atoms. The van der Waals surface area contributed by atoms with Gasteiger partial charge < -0.3 is 9.80 Å². The molecule has 0 saturated carbocycles. The zero-order valence-electron chi connectivity index (χ0n) is 10.6. The fourth-order valence-corrected chi connectivity index (χ4v) is 3.42. The molecule has 0 aliphatic carbocycles. The van der Waals surface area contributed by atoms with Crippen LogP contribution in [0, 0.1) is 0 Å². The van der Waals surface area contributed by atoms with Crippen molar-refractivity contribution in [3.8, 4) is 0 Å². The fourth-order valence-electron chi connectivity index (χ4n) is 2.14. The van der Waals surface area contributed by atoms with Gasteiger partial charge in [-0.15, -0.1) is 0 Å². The highest BCUT2D eigenvalue weighted by Crippen LogP contribution is 2.28. The first kappa shape index (κ1) is 14.9. The van der Waals surface area contributed by atoms with Gasteiger partial charge in [-0.05, 0) is 24.7 Å². The van der Waals surface area contributed by atoms with Crippen molar-refractivity contribution in [3.63, 3.8) is 0 Å². The second-order valence-corrected chi connectivity index (χ2v) is 7.94. The summed E-state index contributed by atoms with van der Waals surface area (Å²) >= 11 is 6.23. The first-order chi connectivity index (χ1) is 8.85. The van der Waals surface area contributed by atoms with Gasteiger partial charge in [-0.25, -0.2) is 8.42 Å². The van der Waals surface area contributed by atoms with E-state index < -0.39 is 9.05 Å². The van der Waals surface area contributed by atoms with Crippen LogP contribution in [0.2, 0.25) is 5.02 Å². The van der Waals surface area contributed by atoms with Crippen molar-refractivity contribution in [2.45, 2.75) is 5.75 Å². The van der Waals surface area contributed by atoms with Crippen LogP contribution in [0.5, 0.6) is 0 Å². The average molecular weight is 323 g/mol. The molecule has 0 N–H and O–H groups in total. The summed E-state index contributed by atoms with van der Waals surface area (Å²) in [5.41, 5.74) is 1.56. The topological polar surface area (TPSA) is 40.6 Å². The number of likely N-dealkylation sites (N-methyl/N-ethyl adjacent to an activating group) is 1. The van der Waals surface area contributed by atoms with Crippen molar-refractivity contribution in [2.75, 3.05) is 38.1 Å². The number of anilines is 1. The van der Waals surface area contributed by atoms with E-state index in [-0.39, 0.29) is 5.75 Å². The zero-order chi connectivity index (χ0) is 14.0. The number of hydrogen-bond donors (Lipinski definition) is 0. The molecule has 1 heterocycles. The van der Waals surface area contributed by atoms with Crippen molar-refractivity contribution in [3.05, 3.63) is 28.8 Å². The van der Waals surface area contributed by atoms with Gasteiger partial charge in [-0.1, -0.05) is 17.7 Å². The summed E-state index contributed by atoms with van der Waals surface area (Å²) in [6, 6.07) is 5.31. The van der Waals surface area contributed by atoms with Crippen LogP contribution in [0.4, 0.5) is 5.69 Å². The number of piperazine rings is 1. The monoisotopic (exact) mass is 322 g/mol. The van der Waals surface area contributed by atoms with E-state index in [1.807, 2.05) is 6.07 Å². The van der Waals surface area contributed by atoms with Crippen LogP contribution in [0.3, 0.4) is 0 Å². The summed E-state index contributed by atoms with van der Waals surface area (Å²) < 4.78 is 22.1. The lowest BCUT2D eigenvalue weighted by molar-refractivity contribution is 0.313. The van der Waals surface area contributed by atoms with E-state index in [1.54, 1.807) is 12.1 Å². The minimum Gasteiger partial charge on any atom is -0.368 e. The van der Waals surface area contributed by atoms with Gasteiger partial charge in [0, 0.05) is 36.9 Å². The SMILES string of the molecule is CN1CCN(c2ccc(CS(=O)(=O)Cl)cc2Cl)CC1. The third-order valence-electron chi connectivity index (χ3n) is 3.20. The van der Waals surface area contributed by atoms with E-state index in [0.29, 0.717) is 10.6 Å². The molecule has 1 aliphatic heterocycles. The number of rotatable bonds is 3.